The Morgan fingerprint density at radius 1 is 0.541 bits per heavy atom. The fourth-order valence-electron chi connectivity index (χ4n) is 4.06. The van der Waals surface area contributed by atoms with Crippen molar-refractivity contribution in [1.82, 2.24) is 0 Å². The van der Waals surface area contributed by atoms with Gasteiger partial charge in [-0.15, -0.1) is 0 Å². The Hall–Kier alpha value is -1.50. The molecule has 0 N–H and O–H groups in total. The molecule has 2 aromatic carbocycles. The summed E-state index contributed by atoms with van der Waals surface area (Å²) in [4.78, 5) is 0. The molecular formula is C26H44Cr2N2O7. The van der Waals surface area contributed by atoms with Gasteiger partial charge in [0.1, 0.15) is 13.1 Å². The van der Waals surface area contributed by atoms with E-state index >= 15 is 0 Å². The van der Waals surface area contributed by atoms with Gasteiger partial charge in [0.05, 0.1) is 39.3 Å². The quantitative estimate of drug-likeness (QED) is 0.343. The molecule has 0 saturated heterocycles. The van der Waals surface area contributed by atoms with Crippen molar-refractivity contribution in [2.45, 2.75) is 54.6 Å². The van der Waals surface area contributed by atoms with E-state index in [1.807, 2.05) is 0 Å². The second-order valence-corrected chi connectivity index (χ2v) is 12.4. The fraction of sp³-hybridized carbons (Fsp3) is 0.538. The summed E-state index contributed by atoms with van der Waals surface area (Å²) < 4.78 is 61.3. The second kappa shape index (κ2) is 17.2. The Balaban J connectivity index is 0.000000541. The number of benzene rings is 2. The number of rotatable bonds is 12. The van der Waals surface area contributed by atoms with E-state index in [-0.39, 0.29) is 0 Å². The van der Waals surface area contributed by atoms with Crippen molar-refractivity contribution in [1.29, 1.82) is 0 Å². The molecular weight excluding hydrogens is 556 g/mol. The first-order chi connectivity index (χ1) is 17.2. The SMILES string of the molecule is CC[N+](CC)(CC)Cc1ccccc1.CC[N+](CC)(CC)Cc1ccccc1.[O]=[Cr](=[O])([O-])[O][Cr](=[O])(=[O])[O-]. The zero-order valence-electron chi connectivity index (χ0n) is 23.0. The number of quaternary nitrogens is 2. The summed E-state index contributed by atoms with van der Waals surface area (Å²) in [6, 6.07) is 21.6. The maximum atomic E-state index is 9.38. The van der Waals surface area contributed by atoms with Crippen molar-refractivity contribution in [3.05, 3.63) is 71.8 Å². The van der Waals surface area contributed by atoms with Crippen LogP contribution in [0.5, 0.6) is 0 Å². The van der Waals surface area contributed by atoms with Gasteiger partial charge in [0.2, 0.25) is 0 Å². The van der Waals surface area contributed by atoms with Crippen LogP contribution in [-0.2, 0) is 58.4 Å². The van der Waals surface area contributed by atoms with Gasteiger partial charge >= 0.3 is 53.6 Å². The molecule has 0 amide bonds. The Morgan fingerprint density at radius 3 is 0.946 bits per heavy atom. The molecule has 0 aliphatic carbocycles. The zero-order valence-corrected chi connectivity index (χ0v) is 25.5. The molecule has 0 atom stereocenters. The Bertz CT molecular complexity index is 966. The summed E-state index contributed by atoms with van der Waals surface area (Å²) in [6.45, 7) is 23.4. The molecule has 0 spiro atoms. The molecule has 0 aromatic heterocycles. The van der Waals surface area contributed by atoms with E-state index in [4.69, 9.17) is 0 Å². The van der Waals surface area contributed by atoms with Crippen LogP contribution in [0, 0.1) is 0 Å². The van der Waals surface area contributed by atoms with Gasteiger partial charge in [0.25, 0.3) is 0 Å². The van der Waals surface area contributed by atoms with Crippen molar-refractivity contribution < 1.29 is 62.6 Å². The van der Waals surface area contributed by atoms with Crippen LogP contribution in [0.4, 0.5) is 0 Å². The number of hydrogen-bond donors (Lipinski definition) is 0. The predicted octanol–water partition coefficient (Wildman–Crippen LogP) is 3.20. The second-order valence-electron chi connectivity index (χ2n) is 8.75. The van der Waals surface area contributed by atoms with E-state index < -0.39 is 27.2 Å². The van der Waals surface area contributed by atoms with Crippen LogP contribution < -0.4 is 8.32 Å². The molecule has 0 aliphatic rings. The summed E-state index contributed by atoms with van der Waals surface area (Å²) in [6.07, 6.45) is 0. The average Bonchev–Trinajstić information content (AvgIpc) is 2.86. The van der Waals surface area contributed by atoms with E-state index in [0.29, 0.717) is 0 Å². The monoisotopic (exact) mass is 600 g/mol. The van der Waals surface area contributed by atoms with Crippen LogP contribution in [0.2, 0.25) is 0 Å². The summed E-state index contributed by atoms with van der Waals surface area (Å²) in [5, 5.41) is 0. The molecule has 0 bridgehead atoms. The average molecular weight is 601 g/mol. The molecule has 37 heavy (non-hydrogen) atoms. The van der Waals surface area contributed by atoms with Gasteiger partial charge in [-0.1, -0.05) is 60.7 Å². The first-order valence-corrected chi connectivity index (χ1v) is 16.8. The van der Waals surface area contributed by atoms with Crippen LogP contribution in [0.1, 0.15) is 52.7 Å². The third kappa shape index (κ3) is 15.5. The van der Waals surface area contributed by atoms with Gasteiger partial charge in [0, 0.05) is 11.1 Å². The van der Waals surface area contributed by atoms with Crippen LogP contribution in [0.3, 0.4) is 0 Å². The van der Waals surface area contributed by atoms with Gasteiger partial charge < -0.3 is 8.97 Å². The first kappa shape index (κ1) is 35.5. The predicted molar refractivity (Wildman–Crippen MR) is 128 cm³/mol. The van der Waals surface area contributed by atoms with Gasteiger partial charge in [-0.05, 0) is 41.5 Å². The minimum absolute atomic E-state index is 1.17. The van der Waals surface area contributed by atoms with Gasteiger partial charge in [-0.2, -0.15) is 0 Å². The maximum absolute atomic E-state index is 9.38. The van der Waals surface area contributed by atoms with Crippen molar-refractivity contribution in [2.24, 2.45) is 0 Å². The fourth-order valence-corrected chi connectivity index (χ4v) is 5.69. The Morgan fingerprint density at radius 2 is 0.784 bits per heavy atom. The molecule has 0 aliphatic heterocycles. The molecule has 0 fully saturated rings. The Kier molecular flexibility index (Phi) is 16.5. The van der Waals surface area contributed by atoms with Crippen molar-refractivity contribution in [3.63, 3.8) is 0 Å². The molecule has 2 aromatic rings. The van der Waals surface area contributed by atoms with Crippen LogP contribution in [-0.4, -0.2) is 48.2 Å². The minimum atomic E-state index is -6.07. The van der Waals surface area contributed by atoms with Crippen molar-refractivity contribution >= 4 is 0 Å². The summed E-state index contributed by atoms with van der Waals surface area (Å²) >= 11 is -12.1. The number of hydrogen-bond acceptors (Lipinski definition) is 7. The zero-order chi connectivity index (χ0) is 28.6. The molecule has 0 heterocycles. The first-order valence-electron chi connectivity index (χ1n) is 12.6. The molecule has 212 valence electrons. The summed E-state index contributed by atoms with van der Waals surface area (Å²) in [7, 11) is 0. The Labute approximate surface area is 227 Å². The van der Waals surface area contributed by atoms with Gasteiger partial charge in [-0.25, -0.2) is 0 Å². The van der Waals surface area contributed by atoms with E-state index in [0.717, 1.165) is 0 Å². The van der Waals surface area contributed by atoms with Crippen molar-refractivity contribution in [3.8, 4) is 0 Å². The van der Waals surface area contributed by atoms with E-state index in [2.05, 4.69) is 105 Å². The molecule has 0 radical (unpaired) electrons. The van der Waals surface area contributed by atoms with Gasteiger partial charge in [0.15, 0.2) is 0 Å². The third-order valence-corrected chi connectivity index (χ3v) is 9.58. The molecule has 0 unspecified atom stereocenters. The molecule has 0 saturated carbocycles. The van der Waals surface area contributed by atoms with Crippen LogP contribution in [0.15, 0.2) is 60.7 Å². The van der Waals surface area contributed by atoms with E-state index in [1.165, 1.54) is 72.5 Å². The van der Waals surface area contributed by atoms with Crippen LogP contribution >= 0.6 is 0 Å². The molecule has 2 rings (SSSR count). The molecule has 9 nitrogen and oxygen atoms in total. The standard InChI is InChI=1S/2C13H22N.2Cr.7O/c2*1-4-14(5-2,6-3)12-13-10-8-7-9-11-13;;;;;;;;;/h2*7-11H,4-6,12H2,1-3H3;;;;;;;;;/q2*+1;;;;;;;;2*-1. The van der Waals surface area contributed by atoms with E-state index in [9.17, 15) is 23.5 Å². The molecule has 11 heteroatoms. The topological polar surface area (TPSA) is 124 Å². The van der Waals surface area contributed by atoms with Crippen LogP contribution in [0.25, 0.3) is 0 Å². The summed E-state index contributed by atoms with van der Waals surface area (Å²) in [5.74, 6) is 0. The third-order valence-electron chi connectivity index (χ3n) is 6.91. The normalized spacial score (nSPS) is 12.1. The van der Waals surface area contributed by atoms with E-state index in [1.54, 1.807) is 0 Å². The number of nitrogens with zero attached hydrogens (tertiary/aromatic N) is 2. The summed E-state index contributed by atoms with van der Waals surface area (Å²) in [5.41, 5.74) is 2.91. The van der Waals surface area contributed by atoms with Gasteiger partial charge in [-0.3, -0.25) is 0 Å². The van der Waals surface area contributed by atoms with Crippen molar-refractivity contribution in [2.75, 3.05) is 39.3 Å².